The third-order valence-corrected chi connectivity index (χ3v) is 4.01. The number of halogens is 2. The average molecular weight is 434 g/mol. The Morgan fingerprint density at radius 2 is 1.96 bits per heavy atom. The number of hydrogen-bond acceptors (Lipinski definition) is 2. The number of aliphatic imine (C=N–C) groups is 1. The van der Waals surface area contributed by atoms with Crippen molar-refractivity contribution in [1.29, 1.82) is 0 Å². The first-order valence-corrected chi connectivity index (χ1v) is 8.09. The van der Waals surface area contributed by atoms with Crippen molar-refractivity contribution in [3.8, 4) is 0 Å². The lowest BCUT2D eigenvalue weighted by atomic mass is 10.1. The maximum atomic E-state index is 13.6. The highest BCUT2D eigenvalue weighted by molar-refractivity contribution is 14.0. The molecule has 0 bridgehead atoms. The van der Waals surface area contributed by atoms with E-state index in [0.29, 0.717) is 18.0 Å². The molecule has 1 aromatic rings. The molecule has 1 heterocycles. The molecule has 6 heteroatoms. The van der Waals surface area contributed by atoms with Crippen molar-refractivity contribution in [1.82, 2.24) is 15.5 Å². The van der Waals surface area contributed by atoms with Crippen LogP contribution >= 0.6 is 24.0 Å². The van der Waals surface area contributed by atoms with Gasteiger partial charge in [0, 0.05) is 32.2 Å². The van der Waals surface area contributed by atoms with Gasteiger partial charge in [-0.1, -0.05) is 25.1 Å². The lowest BCUT2D eigenvalue weighted by molar-refractivity contribution is 0.287. The van der Waals surface area contributed by atoms with Crippen LogP contribution in [-0.4, -0.2) is 44.1 Å². The van der Waals surface area contributed by atoms with E-state index in [1.54, 1.807) is 19.2 Å². The quantitative estimate of drug-likeness (QED) is 0.411. The minimum atomic E-state index is -0.187. The van der Waals surface area contributed by atoms with Gasteiger partial charge in [0.2, 0.25) is 0 Å². The largest absolute Gasteiger partial charge is 0.356 e. The zero-order valence-corrected chi connectivity index (χ0v) is 16.3. The molecule has 0 radical (unpaired) electrons. The van der Waals surface area contributed by atoms with Crippen LogP contribution in [0.3, 0.4) is 0 Å². The molecule has 0 aliphatic carbocycles. The fraction of sp³-hybridized carbons (Fsp3) is 0.588. The van der Waals surface area contributed by atoms with Crippen molar-refractivity contribution >= 4 is 29.9 Å². The van der Waals surface area contributed by atoms with Crippen molar-refractivity contribution in [2.45, 2.75) is 26.3 Å². The highest BCUT2D eigenvalue weighted by atomic mass is 127. The molecule has 0 spiro atoms. The first-order valence-electron chi connectivity index (χ1n) is 8.09. The molecular weight excluding hydrogens is 406 g/mol. The highest BCUT2D eigenvalue weighted by Gasteiger charge is 2.14. The van der Waals surface area contributed by atoms with Crippen molar-refractivity contribution in [2.24, 2.45) is 10.9 Å². The Morgan fingerprint density at radius 1 is 1.26 bits per heavy atom. The molecule has 0 amide bonds. The lowest BCUT2D eigenvalue weighted by Crippen LogP contribution is -2.41. The molecule has 130 valence electrons. The van der Waals surface area contributed by atoms with E-state index in [0.717, 1.165) is 19.0 Å². The molecular formula is C17H28FIN4. The summed E-state index contributed by atoms with van der Waals surface area (Å²) in [5, 5.41) is 6.48. The topological polar surface area (TPSA) is 39.7 Å². The molecule has 2 rings (SSSR count). The molecule has 1 unspecified atom stereocenters. The number of nitrogens with one attached hydrogen (secondary N) is 2. The fourth-order valence-corrected chi connectivity index (χ4v) is 2.78. The third kappa shape index (κ3) is 7.03. The average Bonchev–Trinajstić information content (AvgIpc) is 3.02. The zero-order valence-electron chi connectivity index (χ0n) is 14.0. The second-order valence-corrected chi connectivity index (χ2v) is 6.01. The number of benzene rings is 1. The SMILES string of the molecule is CN=C(NCc1ccccc1F)NCC(C)CN1CCCC1.I. The number of guanidine groups is 1. The van der Waals surface area contributed by atoms with Crippen LogP contribution in [0.15, 0.2) is 29.3 Å². The summed E-state index contributed by atoms with van der Waals surface area (Å²) in [4.78, 5) is 6.71. The number of hydrogen-bond donors (Lipinski definition) is 2. The van der Waals surface area contributed by atoms with Gasteiger partial charge in [0.15, 0.2) is 5.96 Å². The third-order valence-electron chi connectivity index (χ3n) is 4.01. The van der Waals surface area contributed by atoms with Gasteiger partial charge in [0.05, 0.1) is 0 Å². The van der Waals surface area contributed by atoms with E-state index >= 15 is 0 Å². The molecule has 0 saturated carbocycles. The summed E-state index contributed by atoms with van der Waals surface area (Å²) in [5.74, 6) is 1.09. The second-order valence-electron chi connectivity index (χ2n) is 6.01. The number of likely N-dealkylation sites (tertiary alicyclic amines) is 1. The highest BCUT2D eigenvalue weighted by Crippen LogP contribution is 2.09. The summed E-state index contributed by atoms with van der Waals surface area (Å²) >= 11 is 0. The Balaban J connectivity index is 0.00000264. The van der Waals surface area contributed by atoms with Crippen LogP contribution in [0, 0.1) is 11.7 Å². The molecule has 2 N–H and O–H groups in total. The van der Waals surface area contributed by atoms with Crippen LogP contribution in [0.4, 0.5) is 4.39 Å². The predicted molar refractivity (Wildman–Crippen MR) is 105 cm³/mol. The van der Waals surface area contributed by atoms with Gasteiger partial charge in [0.1, 0.15) is 5.82 Å². The van der Waals surface area contributed by atoms with E-state index in [-0.39, 0.29) is 29.8 Å². The maximum Gasteiger partial charge on any atom is 0.191 e. The smallest absolute Gasteiger partial charge is 0.191 e. The molecule has 0 aromatic heterocycles. The molecule has 1 aliphatic heterocycles. The number of nitrogens with zero attached hydrogens (tertiary/aromatic N) is 2. The Kier molecular flexibility index (Phi) is 9.47. The summed E-state index contributed by atoms with van der Waals surface area (Å²) < 4.78 is 13.6. The standard InChI is InChI=1S/C17H27FN4.HI/c1-14(13-22-9-5-6-10-22)11-20-17(19-2)21-12-15-7-3-4-8-16(15)18;/h3-4,7-8,14H,5-6,9-13H2,1-2H3,(H2,19,20,21);1H. The molecule has 1 aliphatic rings. The summed E-state index contributed by atoms with van der Waals surface area (Å²) in [7, 11) is 1.74. The van der Waals surface area contributed by atoms with Gasteiger partial charge in [-0.25, -0.2) is 4.39 Å². The van der Waals surface area contributed by atoms with E-state index < -0.39 is 0 Å². The van der Waals surface area contributed by atoms with Crippen molar-refractivity contribution in [2.75, 3.05) is 33.2 Å². The monoisotopic (exact) mass is 434 g/mol. The Hall–Kier alpha value is -0.890. The van der Waals surface area contributed by atoms with Crippen molar-refractivity contribution in [3.05, 3.63) is 35.6 Å². The lowest BCUT2D eigenvalue weighted by Gasteiger charge is -2.21. The van der Waals surface area contributed by atoms with Gasteiger partial charge in [-0.15, -0.1) is 24.0 Å². The maximum absolute atomic E-state index is 13.6. The van der Waals surface area contributed by atoms with E-state index in [2.05, 4.69) is 27.4 Å². The van der Waals surface area contributed by atoms with Gasteiger partial charge in [0.25, 0.3) is 0 Å². The zero-order chi connectivity index (χ0) is 15.8. The van der Waals surface area contributed by atoms with Crippen LogP contribution in [0.25, 0.3) is 0 Å². The van der Waals surface area contributed by atoms with E-state index in [4.69, 9.17) is 0 Å². The van der Waals surface area contributed by atoms with E-state index in [1.165, 1.54) is 32.0 Å². The van der Waals surface area contributed by atoms with E-state index in [9.17, 15) is 4.39 Å². The van der Waals surface area contributed by atoms with Gasteiger partial charge >= 0.3 is 0 Å². The normalized spacial score (nSPS) is 16.7. The van der Waals surface area contributed by atoms with Crippen LogP contribution < -0.4 is 10.6 Å². The summed E-state index contributed by atoms with van der Waals surface area (Å²) in [6.45, 7) is 7.13. The van der Waals surface area contributed by atoms with Crippen LogP contribution in [0.2, 0.25) is 0 Å². The van der Waals surface area contributed by atoms with Crippen molar-refractivity contribution < 1.29 is 4.39 Å². The molecule has 1 fully saturated rings. The molecule has 4 nitrogen and oxygen atoms in total. The first kappa shape index (κ1) is 20.2. The van der Waals surface area contributed by atoms with Crippen LogP contribution in [-0.2, 0) is 6.54 Å². The van der Waals surface area contributed by atoms with Gasteiger partial charge < -0.3 is 15.5 Å². The Bertz CT molecular complexity index is 489. The van der Waals surface area contributed by atoms with Crippen LogP contribution in [0.1, 0.15) is 25.3 Å². The summed E-state index contributed by atoms with van der Waals surface area (Å²) in [5.41, 5.74) is 0.649. The van der Waals surface area contributed by atoms with Crippen LogP contribution in [0.5, 0.6) is 0 Å². The van der Waals surface area contributed by atoms with Gasteiger partial charge in [-0.3, -0.25) is 4.99 Å². The minimum absolute atomic E-state index is 0. The molecule has 23 heavy (non-hydrogen) atoms. The first-order chi connectivity index (χ1) is 10.7. The summed E-state index contributed by atoms with van der Waals surface area (Å²) in [6, 6.07) is 6.80. The summed E-state index contributed by atoms with van der Waals surface area (Å²) in [6.07, 6.45) is 2.65. The molecule has 1 aromatic carbocycles. The molecule has 1 saturated heterocycles. The fourth-order valence-electron chi connectivity index (χ4n) is 2.78. The number of rotatable bonds is 6. The minimum Gasteiger partial charge on any atom is -0.356 e. The Labute approximate surface area is 156 Å². The Morgan fingerprint density at radius 3 is 2.61 bits per heavy atom. The van der Waals surface area contributed by atoms with Gasteiger partial charge in [-0.2, -0.15) is 0 Å². The van der Waals surface area contributed by atoms with Crippen molar-refractivity contribution in [3.63, 3.8) is 0 Å². The van der Waals surface area contributed by atoms with E-state index in [1.807, 2.05) is 6.07 Å². The predicted octanol–water partition coefficient (Wildman–Crippen LogP) is 2.84. The molecule has 1 atom stereocenters. The second kappa shape index (κ2) is 10.8. The van der Waals surface area contributed by atoms with Gasteiger partial charge in [-0.05, 0) is 37.9 Å².